The number of aromatic amines is 2. The number of amides is 1. The van der Waals surface area contributed by atoms with E-state index < -0.39 is 0 Å². The molecule has 0 saturated heterocycles. The van der Waals surface area contributed by atoms with E-state index in [9.17, 15) is 4.79 Å². The van der Waals surface area contributed by atoms with Crippen LogP contribution in [-0.2, 0) is 17.8 Å². The maximum Gasteiger partial charge on any atom is 0.223 e. The molecule has 7 heteroatoms. The molecular formula is C18H24N6O. The SMILES string of the molecule is CN(C)CCN(Cc1cnc[nH]1)C(=O)CCc1nc2ccccc2[nH]1. The first-order valence-corrected chi connectivity index (χ1v) is 8.45. The number of imidazole rings is 2. The Bertz CT molecular complexity index is 775. The number of nitrogens with one attached hydrogen (secondary N) is 2. The molecule has 132 valence electrons. The number of benzene rings is 1. The Kier molecular flexibility index (Phi) is 5.45. The molecule has 0 atom stereocenters. The predicted octanol–water partition coefficient (Wildman–Crippen LogP) is 1.81. The van der Waals surface area contributed by atoms with Crippen LogP contribution in [0.5, 0.6) is 0 Å². The Hall–Kier alpha value is -2.67. The van der Waals surface area contributed by atoms with Gasteiger partial charge in [0.15, 0.2) is 0 Å². The van der Waals surface area contributed by atoms with Crippen LogP contribution in [0.2, 0.25) is 0 Å². The molecule has 0 radical (unpaired) electrons. The number of carbonyl (C=O) groups excluding carboxylic acids is 1. The highest BCUT2D eigenvalue weighted by atomic mass is 16.2. The molecule has 0 aliphatic rings. The molecule has 0 saturated carbocycles. The van der Waals surface area contributed by atoms with Crippen LogP contribution in [0.1, 0.15) is 17.9 Å². The molecule has 7 nitrogen and oxygen atoms in total. The Morgan fingerprint density at radius 1 is 1.20 bits per heavy atom. The number of H-pyrrole nitrogens is 2. The van der Waals surface area contributed by atoms with Crippen molar-refractivity contribution >= 4 is 16.9 Å². The Balaban J connectivity index is 1.62. The van der Waals surface area contributed by atoms with Crippen LogP contribution < -0.4 is 0 Å². The zero-order valence-electron chi connectivity index (χ0n) is 14.7. The van der Waals surface area contributed by atoms with Gasteiger partial charge in [-0.1, -0.05) is 12.1 Å². The third kappa shape index (κ3) is 4.67. The quantitative estimate of drug-likeness (QED) is 0.655. The third-order valence-corrected chi connectivity index (χ3v) is 4.10. The Morgan fingerprint density at radius 3 is 2.76 bits per heavy atom. The summed E-state index contributed by atoms with van der Waals surface area (Å²) in [7, 11) is 4.01. The van der Waals surface area contributed by atoms with E-state index in [-0.39, 0.29) is 5.91 Å². The molecule has 2 heterocycles. The molecule has 3 rings (SSSR count). The molecule has 1 amide bonds. The van der Waals surface area contributed by atoms with Crippen LogP contribution in [0, 0.1) is 0 Å². The van der Waals surface area contributed by atoms with Crippen LogP contribution in [0.4, 0.5) is 0 Å². The number of hydrogen-bond acceptors (Lipinski definition) is 4. The standard InChI is InChI=1S/C18H24N6O/c1-23(2)9-10-24(12-14-11-19-13-20-14)18(25)8-7-17-21-15-5-3-4-6-16(15)22-17/h3-6,11,13H,7-10,12H2,1-2H3,(H,19,20)(H,21,22). The van der Waals surface area contributed by atoms with Crippen molar-refractivity contribution in [2.45, 2.75) is 19.4 Å². The highest BCUT2D eigenvalue weighted by Crippen LogP contribution is 2.12. The normalized spacial score (nSPS) is 11.3. The van der Waals surface area contributed by atoms with Gasteiger partial charge in [-0.25, -0.2) is 9.97 Å². The summed E-state index contributed by atoms with van der Waals surface area (Å²) < 4.78 is 0. The minimum absolute atomic E-state index is 0.122. The van der Waals surface area contributed by atoms with Gasteiger partial charge < -0.3 is 19.8 Å². The van der Waals surface area contributed by atoms with Gasteiger partial charge in [-0.15, -0.1) is 0 Å². The van der Waals surface area contributed by atoms with Crippen molar-refractivity contribution in [1.29, 1.82) is 0 Å². The summed E-state index contributed by atoms with van der Waals surface area (Å²) >= 11 is 0. The molecule has 0 aliphatic heterocycles. The minimum Gasteiger partial charge on any atom is -0.347 e. The van der Waals surface area contributed by atoms with Crippen molar-refractivity contribution in [3.05, 3.63) is 48.3 Å². The third-order valence-electron chi connectivity index (χ3n) is 4.10. The first-order valence-electron chi connectivity index (χ1n) is 8.45. The molecular weight excluding hydrogens is 316 g/mol. The largest absolute Gasteiger partial charge is 0.347 e. The second-order valence-electron chi connectivity index (χ2n) is 6.40. The zero-order valence-corrected chi connectivity index (χ0v) is 14.7. The van der Waals surface area contributed by atoms with Crippen LogP contribution in [0.3, 0.4) is 0 Å². The van der Waals surface area contributed by atoms with Gasteiger partial charge in [-0.05, 0) is 26.2 Å². The van der Waals surface area contributed by atoms with Gasteiger partial charge in [-0.2, -0.15) is 0 Å². The molecule has 2 N–H and O–H groups in total. The molecule has 2 aromatic heterocycles. The topological polar surface area (TPSA) is 80.9 Å². The summed E-state index contributed by atoms with van der Waals surface area (Å²) in [5.74, 6) is 0.973. The zero-order chi connectivity index (χ0) is 17.6. The summed E-state index contributed by atoms with van der Waals surface area (Å²) in [6.07, 6.45) is 4.43. The van der Waals surface area contributed by atoms with Crippen molar-refractivity contribution in [2.24, 2.45) is 0 Å². The van der Waals surface area contributed by atoms with Gasteiger partial charge in [0.2, 0.25) is 5.91 Å². The highest BCUT2D eigenvalue weighted by molar-refractivity contribution is 5.77. The lowest BCUT2D eigenvalue weighted by atomic mass is 10.2. The van der Waals surface area contributed by atoms with E-state index in [1.807, 2.05) is 43.3 Å². The number of rotatable bonds is 8. The Labute approximate surface area is 147 Å². The first kappa shape index (κ1) is 17.2. The average molecular weight is 340 g/mol. The lowest BCUT2D eigenvalue weighted by molar-refractivity contribution is -0.132. The smallest absolute Gasteiger partial charge is 0.223 e. The summed E-state index contributed by atoms with van der Waals surface area (Å²) in [6.45, 7) is 2.06. The monoisotopic (exact) mass is 340 g/mol. The maximum atomic E-state index is 12.7. The van der Waals surface area contributed by atoms with Gasteiger partial charge in [0, 0.05) is 32.1 Å². The van der Waals surface area contributed by atoms with Crippen LogP contribution in [-0.4, -0.2) is 62.8 Å². The van der Waals surface area contributed by atoms with Gasteiger partial charge in [-0.3, -0.25) is 4.79 Å². The highest BCUT2D eigenvalue weighted by Gasteiger charge is 2.16. The second-order valence-corrected chi connectivity index (χ2v) is 6.40. The van der Waals surface area contributed by atoms with E-state index in [0.29, 0.717) is 25.9 Å². The number of para-hydroxylation sites is 2. The van der Waals surface area contributed by atoms with E-state index in [0.717, 1.165) is 29.1 Å². The van der Waals surface area contributed by atoms with E-state index in [4.69, 9.17) is 0 Å². The predicted molar refractivity (Wildman–Crippen MR) is 97.0 cm³/mol. The van der Waals surface area contributed by atoms with Crippen molar-refractivity contribution in [1.82, 2.24) is 29.7 Å². The summed E-state index contributed by atoms with van der Waals surface area (Å²) in [4.78, 5) is 31.6. The summed E-state index contributed by atoms with van der Waals surface area (Å²) in [6, 6.07) is 7.91. The lowest BCUT2D eigenvalue weighted by Crippen LogP contribution is -2.36. The number of aryl methyl sites for hydroxylation is 1. The van der Waals surface area contributed by atoms with Crippen LogP contribution >= 0.6 is 0 Å². The molecule has 0 aliphatic carbocycles. The fourth-order valence-electron chi connectivity index (χ4n) is 2.70. The van der Waals surface area contributed by atoms with E-state index in [2.05, 4.69) is 24.8 Å². The number of fused-ring (bicyclic) bond motifs is 1. The fraction of sp³-hybridized carbons (Fsp3) is 0.389. The first-order chi connectivity index (χ1) is 12.1. The van der Waals surface area contributed by atoms with Crippen LogP contribution in [0.15, 0.2) is 36.8 Å². The summed E-state index contributed by atoms with van der Waals surface area (Å²) in [5, 5.41) is 0. The lowest BCUT2D eigenvalue weighted by Gasteiger charge is -2.23. The number of hydrogen-bond donors (Lipinski definition) is 2. The molecule has 0 spiro atoms. The van der Waals surface area contributed by atoms with E-state index in [1.165, 1.54) is 0 Å². The van der Waals surface area contributed by atoms with Crippen molar-refractivity contribution in [3.63, 3.8) is 0 Å². The molecule has 3 aromatic rings. The average Bonchev–Trinajstić information content (AvgIpc) is 3.25. The number of aromatic nitrogens is 4. The Morgan fingerprint density at radius 2 is 2.04 bits per heavy atom. The van der Waals surface area contributed by atoms with E-state index in [1.54, 1.807) is 12.5 Å². The van der Waals surface area contributed by atoms with E-state index >= 15 is 0 Å². The molecule has 1 aromatic carbocycles. The molecule has 0 unspecified atom stereocenters. The maximum absolute atomic E-state index is 12.7. The molecule has 0 bridgehead atoms. The number of carbonyl (C=O) groups is 1. The number of nitrogens with zero attached hydrogens (tertiary/aromatic N) is 4. The molecule has 0 fully saturated rings. The van der Waals surface area contributed by atoms with Gasteiger partial charge in [0.1, 0.15) is 5.82 Å². The van der Waals surface area contributed by atoms with Gasteiger partial charge in [0.05, 0.1) is 29.6 Å². The second kappa shape index (κ2) is 7.94. The minimum atomic E-state index is 0.122. The van der Waals surface area contributed by atoms with Crippen LogP contribution in [0.25, 0.3) is 11.0 Å². The number of likely N-dealkylation sites (N-methyl/N-ethyl adjacent to an activating group) is 1. The van der Waals surface area contributed by atoms with Crippen molar-refractivity contribution < 1.29 is 4.79 Å². The van der Waals surface area contributed by atoms with Gasteiger partial charge >= 0.3 is 0 Å². The fourth-order valence-corrected chi connectivity index (χ4v) is 2.70. The summed E-state index contributed by atoms with van der Waals surface area (Å²) in [5.41, 5.74) is 2.88. The van der Waals surface area contributed by atoms with Gasteiger partial charge in [0.25, 0.3) is 0 Å². The van der Waals surface area contributed by atoms with Crippen molar-refractivity contribution in [2.75, 3.05) is 27.2 Å². The van der Waals surface area contributed by atoms with Crippen molar-refractivity contribution in [3.8, 4) is 0 Å². The molecule has 25 heavy (non-hydrogen) atoms.